The van der Waals surface area contributed by atoms with Gasteiger partial charge in [0, 0.05) is 0 Å². The number of ether oxygens (including phenoxy) is 1. The topological polar surface area (TPSA) is 21.8 Å². The molecule has 3 heteroatoms. The lowest BCUT2D eigenvalue weighted by atomic mass is 10.2. The number of allylic oxidation sites excluding steroid dienone is 1. The molecule has 0 aromatic heterocycles. The minimum absolute atomic E-state index is 0.308. The van der Waals surface area contributed by atoms with Gasteiger partial charge in [-0.05, 0) is 31.0 Å². The van der Waals surface area contributed by atoms with Crippen molar-refractivity contribution in [2.24, 2.45) is 0 Å². The maximum Gasteiger partial charge on any atom is 0.192 e. The highest BCUT2D eigenvalue weighted by Gasteiger charge is 2.36. The van der Waals surface area contributed by atoms with Gasteiger partial charge in [-0.1, -0.05) is 32.9 Å². The third-order valence-electron chi connectivity index (χ3n) is 3.57. The van der Waals surface area contributed by atoms with Crippen molar-refractivity contribution in [3.8, 4) is 0 Å². The zero-order valence-electron chi connectivity index (χ0n) is 11.4. The van der Waals surface area contributed by atoms with Crippen LogP contribution in [0.15, 0.2) is 12.2 Å². The third-order valence-corrected chi connectivity index (χ3v) is 8.07. The molecule has 1 heterocycles. The van der Waals surface area contributed by atoms with E-state index in [4.69, 9.17) is 9.16 Å². The molecule has 1 unspecified atom stereocenters. The first kappa shape index (κ1) is 13.9. The summed E-state index contributed by atoms with van der Waals surface area (Å²) in [5.41, 5.74) is 0. The first-order chi connectivity index (χ1) is 7.33. The van der Waals surface area contributed by atoms with E-state index in [1.54, 1.807) is 0 Å². The van der Waals surface area contributed by atoms with Crippen molar-refractivity contribution in [2.75, 3.05) is 13.2 Å². The second-order valence-electron chi connectivity index (χ2n) is 6.08. The van der Waals surface area contributed by atoms with E-state index in [-0.39, 0.29) is 0 Å². The van der Waals surface area contributed by atoms with E-state index < -0.39 is 8.32 Å². The van der Waals surface area contributed by atoms with Gasteiger partial charge < -0.3 is 9.16 Å². The maximum absolute atomic E-state index is 6.04. The van der Waals surface area contributed by atoms with Crippen LogP contribution in [0.3, 0.4) is 0 Å². The van der Waals surface area contributed by atoms with E-state index in [0.29, 0.717) is 11.1 Å². The second-order valence-corrected chi connectivity index (χ2v) is 10.9. The Morgan fingerprint density at radius 2 is 1.94 bits per heavy atom. The Morgan fingerprint density at radius 3 is 2.44 bits per heavy atom. The number of hydrogen-bond donors (Lipinski definition) is 0. The lowest BCUT2D eigenvalue weighted by Gasteiger charge is -2.35. The Kier molecular flexibility index (Phi) is 4.77. The summed E-state index contributed by atoms with van der Waals surface area (Å²) in [7, 11) is -1.55. The van der Waals surface area contributed by atoms with Crippen LogP contribution >= 0.6 is 0 Å². The maximum atomic E-state index is 6.04. The number of rotatable bonds is 6. The molecular weight excluding hydrogens is 216 g/mol. The zero-order valence-corrected chi connectivity index (χ0v) is 12.4. The highest BCUT2D eigenvalue weighted by Crippen LogP contribution is 2.36. The van der Waals surface area contributed by atoms with Gasteiger partial charge in [0.25, 0.3) is 0 Å². The predicted octanol–water partition coefficient (Wildman–Crippen LogP) is 3.74. The normalized spacial score (nSPS) is 21.7. The van der Waals surface area contributed by atoms with Crippen LogP contribution in [0, 0.1) is 0 Å². The fourth-order valence-corrected chi connectivity index (χ4v) is 2.12. The summed E-state index contributed by atoms with van der Waals surface area (Å²) in [5.74, 6) is 0. The molecule has 0 spiro atoms. The molecule has 0 bridgehead atoms. The van der Waals surface area contributed by atoms with E-state index in [1.807, 2.05) is 0 Å². The van der Waals surface area contributed by atoms with Crippen molar-refractivity contribution in [1.29, 1.82) is 0 Å². The van der Waals surface area contributed by atoms with Crippen LogP contribution in [0.1, 0.15) is 33.6 Å². The van der Waals surface area contributed by atoms with Crippen LogP contribution in [0.5, 0.6) is 0 Å². The fourth-order valence-electron chi connectivity index (χ4n) is 1.18. The van der Waals surface area contributed by atoms with E-state index in [1.165, 1.54) is 0 Å². The lowest BCUT2D eigenvalue weighted by Crippen LogP contribution is -2.40. The van der Waals surface area contributed by atoms with Gasteiger partial charge in [-0.15, -0.1) is 0 Å². The molecule has 0 aromatic rings. The van der Waals surface area contributed by atoms with E-state index in [2.05, 4.69) is 46.0 Å². The van der Waals surface area contributed by atoms with Gasteiger partial charge >= 0.3 is 0 Å². The summed E-state index contributed by atoms with van der Waals surface area (Å²) in [6.07, 6.45) is 7.20. The second kappa shape index (κ2) is 5.47. The van der Waals surface area contributed by atoms with Crippen molar-refractivity contribution in [3.63, 3.8) is 0 Å². The molecular formula is C13H26O2Si. The highest BCUT2D eigenvalue weighted by atomic mass is 28.4. The predicted molar refractivity (Wildman–Crippen MR) is 71.3 cm³/mol. The van der Waals surface area contributed by atoms with Crippen molar-refractivity contribution < 1.29 is 9.16 Å². The first-order valence-electron chi connectivity index (χ1n) is 6.23. The Balaban J connectivity index is 2.13. The lowest BCUT2D eigenvalue weighted by molar-refractivity contribution is 0.327. The first-order valence-corrected chi connectivity index (χ1v) is 9.14. The Morgan fingerprint density at radius 1 is 1.31 bits per heavy atom. The molecule has 94 valence electrons. The van der Waals surface area contributed by atoms with Gasteiger partial charge in [-0.2, -0.15) is 0 Å². The van der Waals surface area contributed by atoms with Crippen LogP contribution in [0.25, 0.3) is 0 Å². The Hall–Kier alpha value is -0.123. The molecule has 1 fully saturated rings. The molecule has 1 saturated heterocycles. The quantitative estimate of drug-likeness (QED) is 0.402. The van der Waals surface area contributed by atoms with E-state index in [0.717, 1.165) is 26.1 Å². The Bertz CT molecular complexity index is 237. The zero-order chi connectivity index (χ0) is 12.2. The number of hydrogen-bond acceptors (Lipinski definition) is 2. The molecule has 1 atom stereocenters. The van der Waals surface area contributed by atoms with Gasteiger partial charge in [0.2, 0.25) is 0 Å². The van der Waals surface area contributed by atoms with E-state index in [9.17, 15) is 0 Å². The minimum atomic E-state index is -1.55. The van der Waals surface area contributed by atoms with Gasteiger partial charge in [0.1, 0.15) is 0 Å². The number of epoxide rings is 1. The summed E-state index contributed by atoms with van der Waals surface area (Å²) in [6, 6.07) is 0. The summed E-state index contributed by atoms with van der Waals surface area (Å²) in [5, 5.41) is 0.308. The van der Waals surface area contributed by atoms with Gasteiger partial charge in [0.15, 0.2) is 8.32 Å². The van der Waals surface area contributed by atoms with Crippen molar-refractivity contribution in [3.05, 3.63) is 12.2 Å². The molecule has 0 aliphatic carbocycles. The van der Waals surface area contributed by atoms with E-state index >= 15 is 0 Å². The summed E-state index contributed by atoms with van der Waals surface area (Å²) in [6.45, 7) is 13.1. The van der Waals surface area contributed by atoms with Crippen LogP contribution in [0.2, 0.25) is 18.1 Å². The minimum Gasteiger partial charge on any atom is -0.413 e. The fraction of sp³-hybridized carbons (Fsp3) is 0.846. The molecule has 1 aliphatic heterocycles. The molecule has 0 radical (unpaired) electrons. The third kappa shape index (κ3) is 4.81. The molecule has 1 aliphatic rings. The summed E-state index contributed by atoms with van der Waals surface area (Å²) in [4.78, 5) is 0. The highest BCUT2D eigenvalue weighted by molar-refractivity contribution is 6.74. The van der Waals surface area contributed by atoms with Crippen LogP contribution < -0.4 is 0 Å². The van der Waals surface area contributed by atoms with Crippen molar-refractivity contribution in [2.45, 2.75) is 57.8 Å². The van der Waals surface area contributed by atoms with Crippen molar-refractivity contribution >= 4 is 8.32 Å². The van der Waals surface area contributed by atoms with Crippen LogP contribution in [-0.2, 0) is 9.16 Å². The summed E-state index contributed by atoms with van der Waals surface area (Å²) < 4.78 is 11.2. The SMILES string of the molecule is CC(C)(C)[Si](C)(C)OC/C=C/CCC1CO1. The van der Waals surface area contributed by atoms with Gasteiger partial charge in [-0.3, -0.25) is 0 Å². The van der Waals surface area contributed by atoms with Crippen LogP contribution in [-0.4, -0.2) is 27.6 Å². The average Bonchev–Trinajstić information content (AvgIpc) is 2.92. The van der Waals surface area contributed by atoms with Crippen LogP contribution in [0.4, 0.5) is 0 Å². The molecule has 0 N–H and O–H groups in total. The monoisotopic (exact) mass is 242 g/mol. The smallest absolute Gasteiger partial charge is 0.192 e. The molecule has 0 aromatic carbocycles. The molecule has 0 amide bonds. The molecule has 16 heavy (non-hydrogen) atoms. The molecule has 1 rings (SSSR count). The largest absolute Gasteiger partial charge is 0.413 e. The Labute approximate surface area is 101 Å². The average molecular weight is 242 g/mol. The molecule has 2 nitrogen and oxygen atoms in total. The summed E-state index contributed by atoms with van der Waals surface area (Å²) >= 11 is 0. The molecule has 0 saturated carbocycles. The van der Waals surface area contributed by atoms with Crippen molar-refractivity contribution in [1.82, 2.24) is 0 Å². The van der Waals surface area contributed by atoms with Gasteiger partial charge in [-0.25, -0.2) is 0 Å². The van der Waals surface area contributed by atoms with Gasteiger partial charge in [0.05, 0.1) is 19.3 Å². The standard InChI is InChI=1S/C13H26O2Si/c1-13(2,3)16(4,5)15-10-8-6-7-9-12-11-14-12/h6,8,12H,7,9-11H2,1-5H3/b8-6+.